The molecule has 0 bridgehead atoms. The summed E-state index contributed by atoms with van der Waals surface area (Å²) in [5, 5.41) is 31.2. The molecule has 6 unspecified atom stereocenters. The maximum Gasteiger partial charge on any atom is 0.408 e. The first kappa shape index (κ1) is 26.9. The number of aliphatic hydroxyl groups is 1. The molecule has 7 atom stereocenters. The van der Waals surface area contributed by atoms with E-state index in [1.165, 1.54) is 47.9 Å². The number of thioether (sulfide) groups is 1. The van der Waals surface area contributed by atoms with Gasteiger partial charge >= 0.3 is 18.0 Å². The Morgan fingerprint density at radius 2 is 1.95 bits per heavy atom. The molecule has 1 aromatic carbocycles. The van der Waals surface area contributed by atoms with Crippen LogP contribution < -0.4 is 5.32 Å². The number of carbonyl (C=O) groups is 5. The number of anilines is 1. The lowest BCUT2D eigenvalue weighted by Crippen LogP contribution is -2.63. The van der Waals surface area contributed by atoms with Crippen molar-refractivity contribution in [1.82, 2.24) is 9.80 Å². The number of aliphatic hydroxyl groups excluding tert-OH is 1. The fourth-order valence-corrected chi connectivity index (χ4v) is 6.83. The topological polar surface area (TPSA) is 174 Å². The van der Waals surface area contributed by atoms with Crippen LogP contribution in [0.25, 0.3) is 0 Å². The molecule has 2 fully saturated rings. The van der Waals surface area contributed by atoms with E-state index in [1.807, 2.05) is 16.4 Å². The molecule has 3 aliphatic rings. The zero-order valence-corrected chi connectivity index (χ0v) is 21.8. The standard InChI is InChI=1S/C23H26N3O9PS/c1-9-16-15(10(2)27)20(29)26(16)17(22(32)35-36)18(9)37-13-7-14(25(8-13)23(33)34)19(28)24-12-5-3-4-11(6-12)21(30)31/h3-6,9-10,13-16,27H,7-8,36H2,1-2H3,(H,24,28)(H,30,31)(H,33,34)/t9?,10?,13?,14-,15?,16?/m0/s1. The van der Waals surface area contributed by atoms with E-state index in [2.05, 4.69) is 5.32 Å². The number of rotatable bonds is 7. The van der Waals surface area contributed by atoms with Crippen molar-refractivity contribution in [3.05, 3.63) is 40.4 Å². The molecule has 0 saturated carbocycles. The molecule has 4 N–H and O–H groups in total. The molecular formula is C23H26N3O9PS. The highest BCUT2D eigenvalue weighted by Crippen LogP contribution is 2.52. The molecule has 0 aliphatic carbocycles. The van der Waals surface area contributed by atoms with E-state index in [1.54, 1.807) is 0 Å². The van der Waals surface area contributed by atoms with E-state index in [0.29, 0.717) is 4.91 Å². The summed E-state index contributed by atoms with van der Waals surface area (Å²) in [4.78, 5) is 64.3. The van der Waals surface area contributed by atoms with E-state index in [0.717, 1.165) is 4.90 Å². The third-order valence-electron chi connectivity index (χ3n) is 6.89. The number of hydrogen-bond acceptors (Lipinski definition) is 8. The summed E-state index contributed by atoms with van der Waals surface area (Å²) in [6.45, 7) is 3.34. The second kappa shape index (κ2) is 10.3. The highest BCUT2D eigenvalue weighted by molar-refractivity contribution is 8.03. The van der Waals surface area contributed by atoms with E-state index >= 15 is 0 Å². The fraction of sp³-hybridized carbons (Fsp3) is 0.435. The molecular weight excluding hydrogens is 525 g/mol. The van der Waals surface area contributed by atoms with Crippen molar-refractivity contribution in [2.24, 2.45) is 11.8 Å². The van der Waals surface area contributed by atoms with Crippen LogP contribution in [-0.2, 0) is 18.9 Å². The van der Waals surface area contributed by atoms with Gasteiger partial charge < -0.3 is 30.1 Å². The number of nitrogens with one attached hydrogen (secondary N) is 1. The van der Waals surface area contributed by atoms with Crippen LogP contribution in [0.1, 0.15) is 30.6 Å². The van der Waals surface area contributed by atoms with Gasteiger partial charge in [-0.05, 0) is 31.5 Å². The van der Waals surface area contributed by atoms with Gasteiger partial charge in [-0.1, -0.05) is 13.0 Å². The van der Waals surface area contributed by atoms with Gasteiger partial charge in [0, 0.05) is 28.3 Å². The highest BCUT2D eigenvalue weighted by Gasteiger charge is 2.60. The summed E-state index contributed by atoms with van der Waals surface area (Å²) in [5.41, 5.74) is 0.258. The molecule has 12 nitrogen and oxygen atoms in total. The Labute approximate surface area is 218 Å². The van der Waals surface area contributed by atoms with Gasteiger partial charge in [0.1, 0.15) is 11.7 Å². The molecule has 0 aromatic heterocycles. The van der Waals surface area contributed by atoms with Crippen LogP contribution in [0.2, 0.25) is 0 Å². The zero-order valence-electron chi connectivity index (χ0n) is 19.9. The van der Waals surface area contributed by atoms with Gasteiger partial charge in [-0.25, -0.2) is 14.4 Å². The quantitative estimate of drug-likeness (QED) is 0.288. The lowest BCUT2D eigenvalue weighted by molar-refractivity contribution is -0.162. The number of likely N-dealkylation sites (tertiary alicyclic amines) is 1. The molecule has 4 rings (SSSR count). The largest absolute Gasteiger partial charge is 0.478 e. The van der Waals surface area contributed by atoms with Crippen LogP contribution in [0.4, 0.5) is 10.5 Å². The van der Waals surface area contributed by atoms with Crippen molar-refractivity contribution in [3.8, 4) is 0 Å². The highest BCUT2D eigenvalue weighted by atomic mass is 32.2. The van der Waals surface area contributed by atoms with Crippen molar-refractivity contribution in [2.45, 2.75) is 43.7 Å². The average Bonchev–Trinajstić information content (AvgIpc) is 3.37. The maximum atomic E-state index is 13.0. The van der Waals surface area contributed by atoms with Crippen LogP contribution in [0.5, 0.6) is 0 Å². The predicted octanol–water partition coefficient (Wildman–Crippen LogP) is 1.58. The van der Waals surface area contributed by atoms with Crippen molar-refractivity contribution in [2.75, 3.05) is 11.9 Å². The summed E-state index contributed by atoms with van der Waals surface area (Å²) >= 11 is 1.22. The van der Waals surface area contributed by atoms with E-state index in [-0.39, 0.29) is 41.7 Å². The number of carboxylic acid groups (broad SMARTS) is 2. The lowest BCUT2D eigenvalue weighted by Gasteiger charge is -2.46. The van der Waals surface area contributed by atoms with Crippen LogP contribution in [-0.4, -0.2) is 84.9 Å². The SMILES string of the molecule is CC(O)C1C(=O)N2C(C(=O)OP)=C(SC3C[C@@H](C(=O)Nc4cccc(C(=O)O)c4)N(C(=O)O)C3)C(C)C12. The molecule has 3 amide bonds. The summed E-state index contributed by atoms with van der Waals surface area (Å²) in [5.74, 6) is -3.88. The lowest BCUT2D eigenvalue weighted by atomic mass is 9.79. The Kier molecular flexibility index (Phi) is 7.50. The summed E-state index contributed by atoms with van der Waals surface area (Å²) < 4.78 is 4.83. The van der Waals surface area contributed by atoms with E-state index in [9.17, 15) is 34.2 Å². The van der Waals surface area contributed by atoms with Gasteiger partial charge in [0.05, 0.1) is 33.1 Å². The minimum absolute atomic E-state index is 0.00881. The smallest absolute Gasteiger partial charge is 0.408 e. The number of aromatic carboxylic acids is 1. The number of nitrogens with zero attached hydrogens (tertiary/aromatic N) is 2. The van der Waals surface area contributed by atoms with Crippen LogP contribution in [0.15, 0.2) is 34.9 Å². The molecule has 198 valence electrons. The third kappa shape index (κ3) is 4.78. The Balaban J connectivity index is 1.55. The number of benzene rings is 1. The number of carbonyl (C=O) groups excluding carboxylic acids is 3. The van der Waals surface area contributed by atoms with Gasteiger partial charge in [-0.15, -0.1) is 11.8 Å². The number of β-lactam (4-membered cyclic amide) rings is 1. The second-order valence-electron chi connectivity index (χ2n) is 9.17. The maximum absolute atomic E-state index is 13.0. The van der Waals surface area contributed by atoms with Crippen molar-refractivity contribution >= 4 is 56.8 Å². The van der Waals surface area contributed by atoms with Gasteiger partial charge in [0.25, 0.3) is 0 Å². The fourth-order valence-electron chi connectivity index (χ4n) is 5.20. The van der Waals surface area contributed by atoms with Crippen LogP contribution in [0, 0.1) is 11.8 Å². The molecule has 37 heavy (non-hydrogen) atoms. The molecule has 3 aliphatic heterocycles. The molecule has 14 heteroatoms. The number of hydrogen-bond donors (Lipinski definition) is 4. The van der Waals surface area contributed by atoms with Crippen LogP contribution >= 0.6 is 21.2 Å². The van der Waals surface area contributed by atoms with Crippen LogP contribution in [0.3, 0.4) is 0 Å². The van der Waals surface area contributed by atoms with Gasteiger partial charge in [0.2, 0.25) is 11.8 Å². The first-order valence-corrected chi connectivity index (χ1v) is 12.8. The molecule has 3 heterocycles. The van der Waals surface area contributed by atoms with Gasteiger partial charge in [-0.2, -0.15) is 0 Å². The van der Waals surface area contributed by atoms with Crippen molar-refractivity contribution in [3.63, 3.8) is 0 Å². The van der Waals surface area contributed by atoms with E-state index < -0.39 is 53.3 Å². The van der Waals surface area contributed by atoms with E-state index in [4.69, 9.17) is 9.63 Å². The minimum Gasteiger partial charge on any atom is -0.478 e. The summed E-state index contributed by atoms with van der Waals surface area (Å²) in [6, 6.07) is 4.13. The molecule has 0 radical (unpaired) electrons. The van der Waals surface area contributed by atoms with Crippen molar-refractivity contribution in [1.29, 1.82) is 0 Å². The monoisotopic (exact) mass is 551 g/mol. The van der Waals surface area contributed by atoms with Gasteiger partial charge in [-0.3, -0.25) is 14.5 Å². The second-order valence-corrected chi connectivity index (χ2v) is 10.8. The summed E-state index contributed by atoms with van der Waals surface area (Å²) in [7, 11) is 1.85. The molecule has 1 aromatic rings. The Morgan fingerprint density at radius 3 is 2.54 bits per heavy atom. The predicted molar refractivity (Wildman–Crippen MR) is 134 cm³/mol. The third-order valence-corrected chi connectivity index (χ3v) is 8.60. The Bertz CT molecular complexity index is 1210. The number of amides is 3. The zero-order chi connectivity index (χ0) is 27.2. The Morgan fingerprint density at radius 1 is 1.24 bits per heavy atom. The normalized spacial score (nSPS) is 27.5. The first-order chi connectivity index (χ1) is 17.5. The molecule has 2 saturated heterocycles. The summed E-state index contributed by atoms with van der Waals surface area (Å²) in [6.07, 6.45) is -2.08. The minimum atomic E-state index is -1.30. The number of fused-ring (bicyclic) bond motifs is 1. The van der Waals surface area contributed by atoms with Crippen molar-refractivity contribution < 1.29 is 43.8 Å². The number of carboxylic acids is 1. The Hall–Kier alpha value is -3.15. The van der Waals surface area contributed by atoms with Gasteiger partial charge in [0.15, 0.2) is 0 Å². The first-order valence-electron chi connectivity index (χ1n) is 11.4. The molecule has 0 spiro atoms. The average molecular weight is 552 g/mol.